The number of carbonyl (C=O) groups is 1. The van der Waals surface area contributed by atoms with Gasteiger partial charge < -0.3 is 24.4 Å². The molecule has 2 rings (SSSR count). The van der Waals surface area contributed by atoms with Gasteiger partial charge in [-0.05, 0) is 12.5 Å². The minimum Gasteiger partial charge on any atom is -0.429 e. The van der Waals surface area contributed by atoms with Gasteiger partial charge >= 0.3 is 16.6 Å². The molecule has 3 N–H and O–H groups in total. The molecule has 1 heterocycles. The molecular weight excluding hydrogens is 360 g/mol. The van der Waals surface area contributed by atoms with Crippen LogP contribution in [0.15, 0.2) is 30.3 Å². The van der Waals surface area contributed by atoms with Gasteiger partial charge in [-0.2, -0.15) is 8.42 Å². The Kier molecular flexibility index (Phi) is 6.32. The second-order valence-electron chi connectivity index (χ2n) is 5.32. The van der Waals surface area contributed by atoms with E-state index in [1.165, 1.54) is 6.92 Å². The maximum absolute atomic E-state index is 11.7. The van der Waals surface area contributed by atoms with E-state index >= 15 is 0 Å². The number of hydrogen-bond acceptors (Lipinski definition) is 9. The number of benzene rings is 1. The fourth-order valence-electron chi connectivity index (χ4n) is 2.19. The second kappa shape index (κ2) is 8.08. The first-order valence-corrected chi connectivity index (χ1v) is 8.58. The van der Waals surface area contributed by atoms with E-state index in [1.807, 2.05) is 0 Å². The standard InChI is InChI=1S/C14H18O10S/c1-8-10(15)12(24-25(18,19)20)11(16)13(22-8)23-14(17)21-7-9-5-3-2-4-6-9/h2-6,8,10-13,15-16H,7H2,1H3,(H,18,19,20). The Balaban J connectivity index is 1.96. The summed E-state index contributed by atoms with van der Waals surface area (Å²) in [6.07, 6.45) is -9.14. The van der Waals surface area contributed by atoms with Crippen LogP contribution in [-0.4, -0.2) is 60.0 Å². The van der Waals surface area contributed by atoms with Crippen LogP contribution in [0.2, 0.25) is 0 Å². The van der Waals surface area contributed by atoms with Crippen LogP contribution >= 0.6 is 0 Å². The molecule has 0 aliphatic carbocycles. The van der Waals surface area contributed by atoms with Crippen LogP contribution in [0, 0.1) is 0 Å². The van der Waals surface area contributed by atoms with Crippen molar-refractivity contribution < 1.29 is 46.4 Å². The van der Waals surface area contributed by atoms with Crippen molar-refractivity contribution in [1.82, 2.24) is 0 Å². The average Bonchev–Trinajstić information content (AvgIpc) is 2.55. The van der Waals surface area contributed by atoms with Gasteiger partial charge in [-0.3, -0.25) is 4.55 Å². The van der Waals surface area contributed by atoms with E-state index < -0.39 is 47.3 Å². The predicted molar refractivity (Wildman–Crippen MR) is 80.5 cm³/mol. The Morgan fingerprint density at radius 3 is 2.44 bits per heavy atom. The minimum atomic E-state index is -4.96. The lowest BCUT2D eigenvalue weighted by Gasteiger charge is -2.39. The highest BCUT2D eigenvalue weighted by Gasteiger charge is 2.47. The fourth-order valence-corrected chi connectivity index (χ4v) is 2.70. The van der Waals surface area contributed by atoms with Gasteiger partial charge in [0.05, 0.1) is 6.10 Å². The van der Waals surface area contributed by atoms with Gasteiger partial charge in [-0.15, -0.1) is 0 Å². The lowest BCUT2D eigenvalue weighted by Crippen LogP contribution is -2.59. The van der Waals surface area contributed by atoms with Crippen molar-refractivity contribution in [3.8, 4) is 0 Å². The van der Waals surface area contributed by atoms with Crippen LogP contribution in [0.25, 0.3) is 0 Å². The van der Waals surface area contributed by atoms with E-state index in [9.17, 15) is 23.4 Å². The number of ether oxygens (including phenoxy) is 3. The minimum absolute atomic E-state index is 0.0917. The lowest BCUT2D eigenvalue weighted by molar-refractivity contribution is -0.275. The highest BCUT2D eigenvalue weighted by atomic mass is 32.3. The summed E-state index contributed by atoms with van der Waals surface area (Å²) >= 11 is 0. The molecule has 0 bridgehead atoms. The lowest BCUT2D eigenvalue weighted by atomic mass is 10.0. The Morgan fingerprint density at radius 1 is 1.20 bits per heavy atom. The van der Waals surface area contributed by atoms with Crippen molar-refractivity contribution >= 4 is 16.6 Å². The highest BCUT2D eigenvalue weighted by molar-refractivity contribution is 7.80. The molecule has 1 aliphatic heterocycles. The summed E-state index contributed by atoms with van der Waals surface area (Å²) in [4.78, 5) is 11.7. The van der Waals surface area contributed by atoms with Gasteiger partial charge in [0.2, 0.25) is 6.29 Å². The Labute approximate surface area is 143 Å². The van der Waals surface area contributed by atoms with Crippen molar-refractivity contribution in [3.63, 3.8) is 0 Å². The van der Waals surface area contributed by atoms with E-state index in [4.69, 9.17) is 18.8 Å². The number of aliphatic hydroxyl groups is 2. The number of carbonyl (C=O) groups excluding carboxylic acids is 1. The Bertz CT molecular complexity index is 676. The van der Waals surface area contributed by atoms with Crippen molar-refractivity contribution in [2.24, 2.45) is 0 Å². The van der Waals surface area contributed by atoms with Gasteiger partial charge in [0.15, 0.2) is 0 Å². The summed E-state index contributed by atoms with van der Waals surface area (Å²) in [6, 6.07) is 8.72. The maximum atomic E-state index is 11.7. The summed E-state index contributed by atoms with van der Waals surface area (Å²) in [5, 5.41) is 19.8. The summed E-state index contributed by atoms with van der Waals surface area (Å²) in [5.74, 6) is 0. The molecule has 1 saturated heterocycles. The Hall–Kier alpha value is -1.76. The van der Waals surface area contributed by atoms with E-state index in [1.54, 1.807) is 30.3 Å². The van der Waals surface area contributed by atoms with Crippen LogP contribution < -0.4 is 0 Å². The van der Waals surface area contributed by atoms with Crippen LogP contribution in [0.1, 0.15) is 12.5 Å². The smallest absolute Gasteiger partial charge is 0.429 e. The average molecular weight is 378 g/mol. The highest BCUT2D eigenvalue weighted by Crippen LogP contribution is 2.25. The zero-order chi connectivity index (χ0) is 18.6. The van der Waals surface area contributed by atoms with Crippen LogP contribution in [0.4, 0.5) is 4.79 Å². The van der Waals surface area contributed by atoms with Crippen LogP contribution in [0.5, 0.6) is 0 Å². The van der Waals surface area contributed by atoms with Gasteiger partial charge in [-0.25, -0.2) is 8.98 Å². The number of rotatable bonds is 5. The third kappa shape index (κ3) is 5.63. The fraction of sp³-hybridized carbons (Fsp3) is 0.500. The van der Waals surface area contributed by atoms with Crippen LogP contribution in [-0.2, 0) is 35.4 Å². The molecule has 1 aromatic carbocycles. The molecule has 1 aliphatic rings. The molecule has 140 valence electrons. The van der Waals surface area contributed by atoms with Crippen LogP contribution in [0.3, 0.4) is 0 Å². The largest absolute Gasteiger partial charge is 0.511 e. The van der Waals surface area contributed by atoms with Gasteiger partial charge in [0.1, 0.15) is 24.9 Å². The van der Waals surface area contributed by atoms with E-state index in [0.717, 1.165) is 0 Å². The summed E-state index contributed by atoms with van der Waals surface area (Å²) < 4.78 is 49.3. The zero-order valence-electron chi connectivity index (χ0n) is 13.1. The molecule has 25 heavy (non-hydrogen) atoms. The molecule has 1 fully saturated rings. The third-order valence-corrected chi connectivity index (χ3v) is 3.89. The zero-order valence-corrected chi connectivity index (χ0v) is 13.9. The summed E-state index contributed by atoms with van der Waals surface area (Å²) in [6.45, 7) is 1.24. The van der Waals surface area contributed by atoms with Crippen molar-refractivity contribution in [3.05, 3.63) is 35.9 Å². The predicted octanol–water partition coefficient (Wildman–Crippen LogP) is -0.00560. The molecule has 1 aromatic rings. The molecule has 0 aromatic heterocycles. The molecule has 0 spiro atoms. The van der Waals surface area contributed by atoms with E-state index in [-0.39, 0.29) is 6.61 Å². The van der Waals surface area contributed by atoms with Gasteiger partial charge in [0.25, 0.3) is 0 Å². The monoisotopic (exact) mass is 378 g/mol. The Morgan fingerprint density at radius 2 is 1.84 bits per heavy atom. The van der Waals surface area contributed by atoms with Gasteiger partial charge in [0, 0.05) is 0 Å². The summed E-state index contributed by atoms with van der Waals surface area (Å²) in [7, 11) is -4.96. The molecule has 0 saturated carbocycles. The van der Waals surface area contributed by atoms with E-state index in [2.05, 4.69) is 4.18 Å². The van der Waals surface area contributed by atoms with Crippen molar-refractivity contribution in [1.29, 1.82) is 0 Å². The molecular formula is C14H18O10S. The topological polar surface area (TPSA) is 149 Å². The molecule has 0 amide bonds. The first-order chi connectivity index (χ1) is 11.7. The van der Waals surface area contributed by atoms with E-state index in [0.29, 0.717) is 5.56 Å². The first kappa shape index (κ1) is 19.6. The number of hydrogen-bond donors (Lipinski definition) is 3. The molecule has 11 heteroatoms. The molecule has 0 radical (unpaired) electrons. The van der Waals surface area contributed by atoms with Crippen molar-refractivity contribution in [2.45, 2.75) is 44.2 Å². The maximum Gasteiger partial charge on any atom is 0.511 e. The number of aliphatic hydroxyl groups excluding tert-OH is 2. The third-order valence-electron chi connectivity index (χ3n) is 3.43. The second-order valence-corrected chi connectivity index (χ2v) is 6.37. The SMILES string of the molecule is CC1OC(OC(=O)OCc2ccccc2)C(O)C(OS(=O)(=O)O)C1O. The molecule has 5 atom stereocenters. The molecule has 10 nitrogen and oxygen atoms in total. The van der Waals surface area contributed by atoms with Crippen molar-refractivity contribution in [2.75, 3.05) is 0 Å². The van der Waals surface area contributed by atoms with Gasteiger partial charge in [-0.1, -0.05) is 30.3 Å². The summed E-state index contributed by atoms with van der Waals surface area (Å²) in [5.41, 5.74) is 0.695. The quantitative estimate of drug-likeness (QED) is 0.472. The molecule has 5 unspecified atom stereocenters. The normalized spacial score (nSPS) is 29.8. The first-order valence-electron chi connectivity index (χ1n) is 7.22.